The minimum atomic E-state index is -0.161. The largest absolute Gasteiger partial charge is 0.299 e. The zero-order valence-corrected chi connectivity index (χ0v) is 11.2. The predicted octanol–water partition coefficient (Wildman–Crippen LogP) is 2.84. The lowest BCUT2D eigenvalue weighted by atomic mass is 10.1. The number of aromatic nitrogens is 2. The molecule has 0 bridgehead atoms. The molecule has 1 rings (SSSR count). The number of aryl methyl sites for hydroxylation is 1. The Morgan fingerprint density at radius 3 is 2.31 bits per heavy atom. The summed E-state index contributed by atoms with van der Waals surface area (Å²) in [5.74, 6) is 0. The minimum Gasteiger partial charge on any atom is -0.299 e. The van der Waals surface area contributed by atoms with Gasteiger partial charge in [-0.1, -0.05) is 20.3 Å². The molecule has 1 heterocycles. The van der Waals surface area contributed by atoms with Crippen LogP contribution in [-0.2, 0) is 18.4 Å². The second-order valence-electron chi connectivity index (χ2n) is 5.34. The quantitative estimate of drug-likeness (QED) is 0.839. The lowest BCUT2D eigenvalue weighted by Gasteiger charge is -2.19. The van der Waals surface area contributed by atoms with Gasteiger partial charge < -0.3 is 0 Å². The monoisotopic (exact) mass is 224 g/mol. The SMILES string of the molecule is CCCCc1c(CC)[nH]n(C(C)(C)C)c1=O. The fourth-order valence-electron chi connectivity index (χ4n) is 1.89. The molecule has 3 nitrogen and oxygen atoms in total. The maximum absolute atomic E-state index is 12.2. The summed E-state index contributed by atoms with van der Waals surface area (Å²) in [6, 6.07) is 0. The summed E-state index contributed by atoms with van der Waals surface area (Å²) in [7, 11) is 0. The summed E-state index contributed by atoms with van der Waals surface area (Å²) in [5.41, 5.74) is 2.09. The van der Waals surface area contributed by atoms with Gasteiger partial charge in [0.05, 0.1) is 5.54 Å². The lowest BCUT2D eigenvalue weighted by Crippen LogP contribution is -2.33. The zero-order valence-electron chi connectivity index (χ0n) is 11.2. The van der Waals surface area contributed by atoms with Crippen LogP contribution >= 0.6 is 0 Å². The highest BCUT2D eigenvalue weighted by Gasteiger charge is 2.20. The molecule has 0 aromatic carbocycles. The topological polar surface area (TPSA) is 37.8 Å². The number of aromatic amines is 1. The van der Waals surface area contributed by atoms with E-state index in [0.717, 1.165) is 36.9 Å². The Bertz CT molecular complexity index is 393. The number of rotatable bonds is 4. The van der Waals surface area contributed by atoms with E-state index in [1.54, 1.807) is 4.68 Å². The lowest BCUT2D eigenvalue weighted by molar-refractivity contribution is 0.343. The molecule has 0 saturated carbocycles. The van der Waals surface area contributed by atoms with Gasteiger partial charge in [0.15, 0.2) is 0 Å². The first-order valence-corrected chi connectivity index (χ1v) is 6.25. The van der Waals surface area contributed by atoms with Gasteiger partial charge in [-0.2, -0.15) is 0 Å². The molecule has 1 N–H and O–H groups in total. The van der Waals surface area contributed by atoms with Gasteiger partial charge in [0.1, 0.15) is 0 Å². The summed E-state index contributed by atoms with van der Waals surface area (Å²) >= 11 is 0. The third-order valence-electron chi connectivity index (χ3n) is 2.88. The first kappa shape index (κ1) is 13.1. The van der Waals surface area contributed by atoms with Crippen LogP contribution in [0.2, 0.25) is 0 Å². The number of nitrogens with one attached hydrogen (secondary N) is 1. The molecule has 1 aromatic rings. The van der Waals surface area contributed by atoms with Crippen LogP contribution in [-0.4, -0.2) is 9.78 Å². The molecule has 0 radical (unpaired) electrons. The number of nitrogens with zero attached hydrogens (tertiary/aromatic N) is 1. The predicted molar refractivity (Wildman–Crippen MR) is 68.0 cm³/mol. The average Bonchev–Trinajstić information content (AvgIpc) is 2.51. The molecule has 0 amide bonds. The van der Waals surface area contributed by atoms with Crippen molar-refractivity contribution in [2.24, 2.45) is 0 Å². The van der Waals surface area contributed by atoms with E-state index in [9.17, 15) is 4.79 Å². The van der Waals surface area contributed by atoms with Crippen molar-refractivity contribution in [1.82, 2.24) is 9.78 Å². The van der Waals surface area contributed by atoms with Gasteiger partial charge in [0, 0.05) is 11.3 Å². The average molecular weight is 224 g/mol. The second-order valence-corrected chi connectivity index (χ2v) is 5.34. The molecular formula is C13H24N2O. The normalized spacial score (nSPS) is 12.1. The molecule has 0 aliphatic rings. The van der Waals surface area contributed by atoms with E-state index in [-0.39, 0.29) is 11.1 Å². The van der Waals surface area contributed by atoms with Crippen molar-refractivity contribution in [2.75, 3.05) is 0 Å². The highest BCUT2D eigenvalue weighted by Crippen LogP contribution is 2.14. The van der Waals surface area contributed by atoms with Crippen molar-refractivity contribution in [3.8, 4) is 0 Å². The van der Waals surface area contributed by atoms with Gasteiger partial charge in [-0.05, 0) is 40.0 Å². The van der Waals surface area contributed by atoms with Crippen molar-refractivity contribution in [3.63, 3.8) is 0 Å². The van der Waals surface area contributed by atoms with Crippen LogP contribution < -0.4 is 5.56 Å². The van der Waals surface area contributed by atoms with Crippen LogP contribution in [0.15, 0.2) is 4.79 Å². The summed E-state index contributed by atoms with van der Waals surface area (Å²) in [4.78, 5) is 12.2. The van der Waals surface area contributed by atoms with Crippen molar-refractivity contribution >= 4 is 0 Å². The second kappa shape index (κ2) is 4.89. The maximum atomic E-state index is 12.2. The van der Waals surface area contributed by atoms with Crippen LogP contribution in [0.4, 0.5) is 0 Å². The number of hydrogen-bond acceptors (Lipinski definition) is 1. The Hall–Kier alpha value is -0.990. The van der Waals surface area contributed by atoms with Gasteiger partial charge in [0.25, 0.3) is 5.56 Å². The van der Waals surface area contributed by atoms with Gasteiger partial charge in [-0.25, -0.2) is 4.68 Å². The van der Waals surface area contributed by atoms with Crippen LogP contribution in [0, 0.1) is 0 Å². The molecule has 0 aliphatic carbocycles. The Labute approximate surface area is 97.8 Å². The molecule has 1 aromatic heterocycles. The standard InChI is InChI=1S/C13H24N2O/c1-6-8-9-10-11(7-2)14-15(12(10)16)13(3,4)5/h14H,6-9H2,1-5H3. The Balaban J connectivity index is 3.17. The molecule has 0 spiro atoms. The number of hydrogen-bond donors (Lipinski definition) is 1. The highest BCUT2D eigenvalue weighted by molar-refractivity contribution is 5.18. The molecule has 0 fully saturated rings. The molecule has 0 unspecified atom stereocenters. The molecule has 0 atom stereocenters. The molecule has 16 heavy (non-hydrogen) atoms. The molecule has 92 valence electrons. The van der Waals surface area contributed by atoms with Gasteiger partial charge in [0.2, 0.25) is 0 Å². The first-order valence-electron chi connectivity index (χ1n) is 6.25. The van der Waals surface area contributed by atoms with Crippen molar-refractivity contribution < 1.29 is 0 Å². The molecule has 0 aliphatic heterocycles. The first-order chi connectivity index (χ1) is 7.41. The van der Waals surface area contributed by atoms with Gasteiger partial charge in [-0.15, -0.1) is 0 Å². The van der Waals surface area contributed by atoms with E-state index in [0.29, 0.717) is 0 Å². The Morgan fingerprint density at radius 1 is 1.25 bits per heavy atom. The Morgan fingerprint density at radius 2 is 1.88 bits per heavy atom. The minimum absolute atomic E-state index is 0.161. The number of unbranched alkanes of at least 4 members (excludes halogenated alkanes) is 1. The maximum Gasteiger partial charge on any atom is 0.270 e. The van der Waals surface area contributed by atoms with Crippen molar-refractivity contribution in [1.29, 1.82) is 0 Å². The van der Waals surface area contributed by atoms with E-state index in [2.05, 4.69) is 18.9 Å². The zero-order chi connectivity index (χ0) is 12.3. The van der Waals surface area contributed by atoms with Gasteiger partial charge >= 0.3 is 0 Å². The fourth-order valence-corrected chi connectivity index (χ4v) is 1.89. The van der Waals surface area contributed by atoms with E-state index in [1.807, 2.05) is 20.8 Å². The smallest absolute Gasteiger partial charge is 0.270 e. The molecule has 0 saturated heterocycles. The van der Waals surface area contributed by atoms with Crippen molar-refractivity contribution in [2.45, 2.75) is 65.8 Å². The number of H-pyrrole nitrogens is 1. The molecule has 3 heteroatoms. The summed E-state index contributed by atoms with van der Waals surface area (Å²) in [5, 5.41) is 3.25. The summed E-state index contributed by atoms with van der Waals surface area (Å²) < 4.78 is 1.76. The third-order valence-corrected chi connectivity index (χ3v) is 2.88. The van der Waals surface area contributed by atoms with Crippen LogP contribution in [0.1, 0.15) is 58.7 Å². The van der Waals surface area contributed by atoms with E-state index in [1.165, 1.54) is 0 Å². The summed E-state index contributed by atoms with van der Waals surface area (Å²) in [6.45, 7) is 10.4. The third kappa shape index (κ3) is 2.57. The van der Waals surface area contributed by atoms with E-state index >= 15 is 0 Å². The van der Waals surface area contributed by atoms with Crippen LogP contribution in [0.25, 0.3) is 0 Å². The molecular weight excluding hydrogens is 200 g/mol. The highest BCUT2D eigenvalue weighted by atomic mass is 16.1. The van der Waals surface area contributed by atoms with E-state index < -0.39 is 0 Å². The summed E-state index contributed by atoms with van der Waals surface area (Å²) in [6.07, 6.45) is 4.02. The van der Waals surface area contributed by atoms with Crippen LogP contribution in [0.3, 0.4) is 0 Å². The Kier molecular flexibility index (Phi) is 4.00. The van der Waals surface area contributed by atoms with E-state index in [4.69, 9.17) is 0 Å². The van der Waals surface area contributed by atoms with Crippen molar-refractivity contribution in [3.05, 3.63) is 21.6 Å². The van der Waals surface area contributed by atoms with Gasteiger partial charge in [-0.3, -0.25) is 9.89 Å². The van der Waals surface area contributed by atoms with Crippen LogP contribution in [0.5, 0.6) is 0 Å². The fraction of sp³-hybridized carbons (Fsp3) is 0.769.